The average molecular weight is 301 g/mol. The summed E-state index contributed by atoms with van der Waals surface area (Å²) in [5.41, 5.74) is 6.37. The first kappa shape index (κ1) is 16.3. The van der Waals surface area contributed by atoms with E-state index in [2.05, 4.69) is 12.2 Å². The molecular formula is C14H21ClN2OS. The van der Waals surface area contributed by atoms with Crippen LogP contribution in [0.25, 0.3) is 0 Å². The first-order chi connectivity index (χ1) is 8.65. The topological polar surface area (TPSA) is 55.1 Å². The van der Waals surface area contributed by atoms with E-state index in [9.17, 15) is 4.79 Å². The predicted molar refractivity (Wildman–Crippen MR) is 84.1 cm³/mol. The van der Waals surface area contributed by atoms with Crippen LogP contribution in [0.3, 0.4) is 0 Å². The molecule has 0 spiro atoms. The van der Waals surface area contributed by atoms with Crippen LogP contribution in [-0.4, -0.2) is 17.2 Å². The molecular weight excluding hydrogens is 280 g/mol. The number of para-hydroxylation sites is 1. The van der Waals surface area contributed by atoms with Crippen molar-refractivity contribution in [3.63, 3.8) is 0 Å². The Balaban J connectivity index is 0.00000180. The molecule has 0 heterocycles. The Morgan fingerprint density at radius 3 is 2.63 bits per heavy atom. The van der Waals surface area contributed by atoms with Crippen LogP contribution in [0.1, 0.15) is 32.6 Å². The number of carbonyl (C=O) groups is 1. The molecule has 0 saturated heterocycles. The Morgan fingerprint density at radius 1 is 1.37 bits per heavy atom. The van der Waals surface area contributed by atoms with Gasteiger partial charge in [-0.25, -0.2) is 0 Å². The van der Waals surface area contributed by atoms with Gasteiger partial charge in [-0.05, 0) is 30.7 Å². The summed E-state index contributed by atoms with van der Waals surface area (Å²) >= 11 is 1.73. The van der Waals surface area contributed by atoms with Gasteiger partial charge in [0.2, 0.25) is 5.91 Å². The van der Waals surface area contributed by atoms with Crippen LogP contribution < -0.4 is 11.1 Å². The number of nitrogens with one attached hydrogen (secondary N) is 1. The van der Waals surface area contributed by atoms with Gasteiger partial charge in [0.05, 0.1) is 11.2 Å². The molecule has 0 aromatic heterocycles. The summed E-state index contributed by atoms with van der Waals surface area (Å²) in [6.45, 7) is 2.10. The van der Waals surface area contributed by atoms with Gasteiger partial charge in [0.15, 0.2) is 0 Å². The average Bonchev–Trinajstić information content (AvgIpc) is 2.80. The summed E-state index contributed by atoms with van der Waals surface area (Å²) in [4.78, 5) is 13.4. The number of benzene rings is 1. The molecule has 0 unspecified atom stereocenters. The smallest absolute Gasteiger partial charge is 0.244 e. The van der Waals surface area contributed by atoms with Gasteiger partial charge >= 0.3 is 0 Å². The Labute approximate surface area is 125 Å². The molecule has 1 aliphatic carbocycles. The standard InChI is InChI=1S/C14H20N2OS.ClH/c1-2-18-12-8-4-3-7-11(12)16-13(17)14(15)9-5-6-10-14;/h3-4,7-8H,2,5-6,9-10,15H2,1H3,(H,16,17);1H. The normalized spacial score (nSPS) is 16.7. The molecule has 1 fully saturated rings. The van der Waals surface area contributed by atoms with Crippen LogP contribution in [0, 0.1) is 0 Å². The first-order valence-corrected chi connectivity index (χ1v) is 7.46. The van der Waals surface area contributed by atoms with E-state index in [4.69, 9.17) is 5.73 Å². The molecule has 0 bridgehead atoms. The molecule has 1 aliphatic rings. The quantitative estimate of drug-likeness (QED) is 0.838. The number of hydrogen-bond donors (Lipinski definition) is 2. The fraction of sp³-hybridized carbons (Fsp3) is 0.500. The maximum Gasteiger partial charge on any atom is 0.244 e. The van der Waals surface area contributed by atoms with Gasteiger partial charge in [-0.15, -0.1) is 24.2 Å². The van der Waals surface area contributed by atoms with E-state index in [-0.39, 0.29) is 18.3 Å². The zero-order valence-electron chi connectivity index (χ0n) is 11.1. The van der Waals surface area contributed by atoms with Crippen LogP contribution in [-0.2, 0) is 4.79 Å². The van der Waals surface area contributed by atoms with E-state index in [0.29, 0.717) is 0 Å². The van der Waals surface area contributed by atoms with E-state index in [1.807, 2.05) is 24.3 Å². The van der Waals surface area contributed by atoms with Crippen LogP contribution in [0.4, 0.5) is 5.69 Å². The van der Waals surface area contributed by atoms with Crippen LogP contribution >= 0.6 is 24.2 Å². The van der Waals surface area contributed by atoms with Crippen molar-refractivity contribution in [2.45, 2.75) is 43.0 Å². The molecule has 1 saturated carbocycles. The molecule has 1 aromatic rings. The predicted octanol–water partition coefficient (Wildman–Crippen LogP) is 3.43. The largest absolute Gasteiger partial charge is 0.323 e. The van der Waals surface area contributed by atoms with Crippen molar-refractivity contribution in [1.29, 1.82) is 0 Å². The number of hydrogen-bond acceptors (Lipinski definition) is 3. The highest BCUT2D eigenvalue weighted by molar-refractivity contribution is 7.99. The monoisotopic (exact) mass is 300 g/mol. The SMILES string of the molecule is CCSc1ccccc1NC(=O)C1(N)CCCC1.Cl. The van der Waals surface area contributed by atoms with E-state index < -0.39 is 5.54 Å². The number of amides is 1. The van der Waals surface area contributed by atoms with Gasteiger partial charge in [-0.2, -0.15) is 0 Å². The molecule has 0 atom stereocenters. The summed E-state index contributed by atoms with van der Waals surface area (Å²) in [5, 5.41) is 2.99. The number of anilines is 1. The van der Waals surface area contributed by atoms with E-state index in [1.165, 1.54) is 0 Å². The maximum atomic E-state index is 12.2. The molecule has 0 radical (unpaired) electrons. The van der Waals surface area contributed by atoms with Crippen LogP contribution in [0.5, 0.6) is 0 Å². The minimum atomic E-state index is -0.663. The van der Waals surface area contributed by atoms with Crippen molar-refractivity contribution in [2.24, 2.45) is 5.73 Å². The summed E-state index contributed by atoms with van der Waals surface area (Å²) in [6.07, 6.45) is 3.69. The molecule has 3 N–H and O–H groups in total. The molecule has 1 amide bonds. The molecule has 0 aliphatic heterocycles. The van der Waals surface area contributed by atoms with Crippen molar-refractivity contribution in [1.82, 2.24) is 0 Å². The van der Waals surface area contributed by atoms with Gasteiger partial charge in [-0.3, -0.25) is 4.79 Å². The lowest BCUT2D eigenvalue weighted by molar-refractivity contribution is -0.121. The van der Waals surface area contributed by atoms with Crippen molar-refractivity contribution < 1.29 is 4.79 Å². The van der Waals surface area contributed by atoms with E-state index in [1.54, 1.807) is 11.8 Å². The molecule has 19 heavy (non-hydrogen) atoms. The van der Waals surface area contributed by atoms with Crippen molar-refractivity contribution in [3.8, 4) is 0 Å². The maximum absolute atomic E-state index is 12.2. The summed E-state index contributed by atoms with van der Waals surface area (Å²) < 4.78 is 0. The number of rotatable bonds is 4. The zero-order valence-corrected chi connectivity index (χ0v) is 12.8. The molecule has 106 valence electrons. The highest BCUT2D eigenvalue weighted by Crippen LogP contribution is 2.31. The lowest BCUT2D eigenvalue weighted by Gasteiger charge is -2.23. The third kappa shape index (κ3) is 3.88. The fourth-order valence-electron chi connectivity index (χ4n) is 2.33. The Bertz CT molecular complexity index is 433. The van der Waals surface area contributed by atoms with Gasteiger partial charge in [0.1, 0.15) is 0 Å². The molecule has 3 nitrogen and oxygen atoms in total. The summed E-state index contributed by atoms with van der Waals surface area (Å²) in [5.74, 6) is 0.949. The van der Waals surface area contributed by atoms with Crippen LogP contribution in [0.2, 0.25) is 0 Å². The fourth-order valence-corrected chi connectivity index (χ4v) is 3.09. The van der Waals surface area contributed by atoms with Crippen molar-refractivity contribution >= 4 is 35.8 Å². The minimum absolute atomic E-state index is 0. The number of nitrogens with two attached hydrogens (primary N) is 1. The highest BCUT2D eigenvalue weighted by Gasteiger charge is 2.37. The molecule has 5 heteroatoms. The highest BCUT2D eigenvalue weighted by atomic mass is 35.5. The summed E-state index contributed by atoms with van der Waals surface area (Å²) in [7, 11) is 0. The zero-order chi connectivity index (χ0) is 13.0. The first-order valence-electron chi connectivity index (χ1n) is 6.48. The van der Waals surface area contributed by atoms with Crippen LogP contribution in [0.15, 0.2) is 29.2 Å². The number of thioether (sulfide) groups is 1. The third-order valence-electron chi connectivity index (χ3n) is 3.38. The summed E-state index contributed by atoms with van der Waals surface area (Å²) in [6, 6.07) is 7.89. The lowest BCUT2D eigenvalue weighted by atomic mass is 9.98. The van der Waals surface area contributed by atoms with Gasteiger partial charge in [0, 0.05) is 4.90 Å². The third-order valence-corrected chi connectivity index (χ3v) is 4.34. The van der Waals surface area contributed by atoms with Gasteiger partial charge in [-0.1, -0.05) is 31.9 Å². The Hall–Kier alpha value is -0.710. The number of carbonyl (C=O) groups excluding carboxylic acids is 1. The van der Waals surface area contributed by atoms with E-state index >= 15 is 0 Å². The molecule has 2 rings (SSSR count). The van der Waals surface area contributed by atoms with Gasteiger partial charge < -0.3 is 11.1 Å². The lowest BCUT2D eigenvalue weighted by Crippen LogP contribution is -2.48. The Kier molecular flexibility index (Phi) is 6.17. The second-order valence-corrected chi connectivity index (χ2v) is 6.05. The van der Waals surface area contributed by atoms with Crippen molar-refractivity contribution in [3.05, 3.63) is 24.3 Å². The minimum Gasteiger partial charge on any atom is -0.323 e. The number of halogens is 1. The second-order valence-electron chi connectivity index (χ2n) is 4.75. The van der Waals surface area contributed by atoms with Crippen molar-refractivity contribution in [2.75, 3.05) is 11.1 Å². The second kappa shape index (κ2) is 7.17. The molecule has 1 aromatic carbocycles. The van der Waals surface area contributed by atoms with E-state index in [0.717, 1.165) is 42.0 Å². The Morgan fingerprint density at radius 2 is 2.00 bits per heavy atom. The van der Waals surface area contributed by atoms with Gasteiger partial charge in [0.25, 0.3) is 0 Å².